The lowest BCUT2D eigenvalue weighted by Gasteiger charge is -2.35. The molecule has 0 aromatic rings. The van der Waals surface area contributed by atoms with E-state index in [-0.39, 0.29) is 10.5 Å². The third-order valence-electron chi connectivity index (χ3n) is 3.58. The Morgan fingerprint density at radius 2 is 1.56 bits per heavy atom. The molecule has 0 N–H and O–H groups in total. The highest BCUT2D eigenvalue weighted by atomic mass is 28.4. The van der Waals surface area contributed by atoms with Crippen molar-refractivity contribution >= 4 is 8.32 Å². The van der Waals surface area contributed by atoms with Gasteiger partial charge in [-0.05, 0) is 36.0 Å². The van der Waals surface area contributed by atoms with Gasteiger partial charge in [-0.3, -0.25) is 0 Å². The third-order valence-corrected chi connectivity index (χ3v) is 7.92. The fraction of sp³-hybridized carbons (Fsp3) is 0.857. The zero-order valence-corrected chi connectivity index (χ0v) is 13.5. The van der Waals surface area contributed by atoms with E-state index in [2.05, 4.69) is 60.7 Å². The van der Waals surface area contributed by atoms with E-state index in [0.29, 0.717) is 0 Å². The Bertz CT molecular complexity index is 234. The predicted molar refractivity (Wildman–Crippen MR) is 76.1 cm³/mol. The van der Waals surface area contributed by atoms with E-state index in [1.54, 1.807) is 0 Å². The van der Waals surface area contributed by atoms with Gasteiger partial charge < -0.3 is 4.43 Å². The summed E-state index contributed by atoms with van der Waals surface area (Å²) in [5.74, 6) is 0. The molecule has 96 valence electrons. The van der Waals surface area contributed by atoms with E-state index in [4.69, 9.17) is 4.43 Å². The van der Waals surface area contributed by atoms with Crippen LogP contribution in [0.5, 0.6) is 0 Å². The summed E-state index contributed by atoms with van der Waals surface area (Å²) in [7, 11) is -1.61. The molecule has 0 saturated heterocycles. The van der Waals surface area contributed by atoms with E-state index < -0.39 is 8.32 Å². The van der Waals surface area contributed by atoms with Gasteiger partial charge in [0.2, 0.25) is 8.32 Å². The first-order chi connectivity index (χ1) is 7.02. The van der Waals surface area contributed by atoms with Crippen molar-refractivity contribution in [2.45, 2.75) is 72.5 Å². The Hall–Kier alpha value is -0.243. The maximum absolute atomic E-state index is 6.03. The molecule has 0 aliphatic heterocycles. The number of hydrogen-bond donors (Lipinski definition) is 0. The molecule has 0 aliphatic rings. The smallest absolute Gasteiger partial charge is 0.249 e. The summed E-state index contributed by atoms with van der Waals surface area (Å²) < 4.78 is 6.03. The Labute approximate surface area is 103 Å². The fourth-order valence-electron chi connectivity index (χ4n) is 1.29. The van der Waals surface area contributed by atoms with Crippen molar-refractivity contribution in [3.8, 4) is 0 Å². The van der Waals surface area contributed by atoms with Gasteiger partial charge in [-0.15, -0.1) is 0 Å². The van der Waals surface area contributed by atoms with E-state index in [0.717, 1.165) is 0 Å². The van der Waals surface area contributed by atoms with Crippen molar-refractivity contribution in [1.29, 1.82) is 0 Å². The summed E-state index contributed by atoms with van der Waals surface area (Å²) in [6.07, 6.45) is 6.60. The van der Waals surface area contributed by atoms with Gasteiger partial charge in [0.1, 0.15) is 0 Å². The lowest BCUT2D eigenvalue weighted by atomic mass is 9.88. The van der Waals surface area contributed by atoms with Crippen molar-refractivity contribution in [3.63, 3.8) is 0 Å². The highest BCUT2D eigenvalue weighted by Gasteiger charge is 2.38. The van der Waals surface area contributed by atoms with Gasteiger partial charge in [0.05, 0.1) is 6.26 Å². The molecule has 2 heteroatoms. The summed E-state index contributed by atoms with van der Waals surface area (Å²) in [6, 6.07) is 0. The lowest BCUT2D eigenvalue weighted by Crippen LogP contribution is -2.39. The van der Waals surface area contributed by atoms with Crippen LogP contribution in [0.15, 0.2) is 12.3 Å². The molecule has 0 amide bonds. The molecule has 0 aliphatic carbocycles. The molecule has 0 heterocycles. The maximum atomic E-state index is 6.03. The minimum Gasteiger partial charge on any atom is -0.549 e. The van der Waals surface area contributed by atoms with E-state index in [1.807, 2.05) is 6.26 Å². The molecular formula is C14H30OSi. The van der Waals surface area contributed by atoms with Gasteiger partial charge >= 0.3 is 0 Å². The van der Waals surface area contributed by atoms with Crippen LogP contribution < -0.4 is 0 Å². The SMILES string of the molecule is CCCC(C)(C)/C=C/O[Si](C)(C)C(C)(C)C. The van der Waals surface area contributed by atoms with E-state index in [9.17, 15) is 0 Å². The first-order valence-corrected chi connectivity index (χ1v) is 9.28. The highest BCUT2D eigenvalue weighted by molar-refractivity contribution is 6.74. The van der Waals surface area contributed by atoms with Crippen LogP contribution in [0, 0.1) is 5.41 Å². The number of allylic oxidation sites excluding steroid dienone is 1. The van der Waals surface area contributed by atoms with Crippen molar-refractivity contribution in [1.82, 2.24) is 0 Å². The van der Waals surface area contributed by atoms with Gasteiger partial charge in [0.15, 0.2) is 0 Å². The molecule has 0 atom stereocenters. The summed E-state index contributed by atoms with van der Waals surface area (Å²) in [4.78, 5) is 0. The summed E-state index contributed by atoms with van der Waals surface area (Å²) in [5.41, 5.74) is 0.261. The topological polar surface area (TPSA) is 9.23 Å². The van der Waals surface area contributed by atoms with Gasteiger partial charge in [-0.25, -0.2) is 0 Å². The molecule has 16 heavy (non-hydrogen) atoms. The molecule has 0 aromatic carbocycles. The average Bonchev–Trinajstić information content (AvgIpc) is 2.00. The quantitative estimate of drug-likeness (QED) is 0.466. The molecule has 0 rings (SSSR count). The molecule has 0 bridgehead atoms. The van der Waals surface area contributed by atoms with Crippen LogP contribution in [-0.2, 0) is 4.43 Å². The van der Waals surface area contributed by atoms with Gasteiger partial charge in [-0.1, -0.05) is 48.0 Å². The fourth-order valence-corrected chi connectivity index (χ4v) is 2.05. The van der Waals surface area contributed by atoms with E-state index >= 15 is 0 Å². The predicted octanol–water partition coefficient (Wildman–Crippen LogP) is 5.35. The second-order valence-electron chi connectivity index (χ2n) is 6.92. The first kappa shape index (κ1) is 15.8. The van der Waals surface area contributed by atoms with Crippen LogP contribution in [0.25, 0.3) is 0 Å². The van der Waals surface area contributed by atoms with Gasteiger partial charge in [-0.2, -0.15) is 0 Å². The zero-order chi connectivity index (χ0) is 13.0. The third kappa shape index (κ3) is 5.20. The monoisotopic (exact) mass is 242 g/mol. The van der Waals surface area contributed by atoms with Crippen LogP contribution in [0.1, 0.15) is 54.4 Å². The van der Waals surface area contributed by atoms with Crippen LogP contribution in [-0.4, -0.2) is 8.32 Å². The number of hydrogen-bond acceptors (Lipinski definition) is 1. The molecule has 0 unspecified atom stereocenters. The van der Waals surface area contributed by atoms with Crippen LogP contribution in [0.3, 0.4) is 0 Å². The normalized spacial score (nSPS) is 14.5. The summed E-state index contributed by atoms with van der Waals surface area (Å²) in [6.45, 7) is 18.1. The Morgan fingerprint density at radius 3 is 1.94 bits per heavy atom. The summed E-state index contributed by atoms with van der Waals surface area (Å²) >= 11 is 0. The Morgan fingerprint density at radius 1 is 1.06 bits per heavy atom. The van der Waals surface area contributed by atoms with Gasteiger partial charge in [0.25, 0.3) is 0 Å². The van der Waals surface area contributed by atoms with Gasteiger partial charge in [0, 0.05) is 0 Å². The molecule has 1 nitrogen and oxygen atoms in total. The molecule has 0 radical (unpaired) electrons. The second kappa shape index (κ2) is 5.39. The minimum absolute atomic E-state index is 0.261. The van der Waals surface area contributed by atoms with E-state index in [1.165, 1.54) is 12.8 Å². The summed E-state index contributed by atoms with van der Waals surface area (Å²) in [5, 5.41) is 0.284. The Kier molecular flexibility index (Phi) is 5.31. The molecule has 0 fully saturated rings. The number of rotatable bonds is 5. The standard InChI is InChI=1S/C14H30OSi/c1-9-10-14(5,6)11-12-15-16(7,8)13(2,3)4/h11-12H,9-10H2,1-8H3/b12-11+. The second-order valence-corrected chi connectivity index (χ2v) is 11.7. The van der Waals surface area contributed by atoms with Crippen LogP contribution in [0.2, 0.25) is 18.1 Å². The first-order valence-electron chi connectivity index (χ1n) is 6.37. The largest absolute Gasteiger partial charge is 0.549 e. The zero-order valence-electron chi connectivity index (χ0n) is 12.5. The van der Waals surface area contributed by atoms with Crippen molar-refractivity contribution in [2.75, 3.05) is 0 Å². The van der Waals surface area contributed by atoms with Crippen LogP contribution in [0.4, 0.5) is 0 Å². The molecule has 0 saturated carbocycles. The molecular weight excluding hydrogens is 212 g/mol. The minimum atomic E-state index is -1.61. The lowest BCUT2D eigenvalue weighted by molar-refractivity contribution is 0.391. The van der Waals surface area contributed by atoms with Crippen molar-refractivity contribution in [3.05, 3.63) is 12.3 Å². The molecule has 0 aromatic heterocycles. The highest BCUT2D eigenvalue weighted by Crippen LogP contribution is 2.37. The average molecular weight is 242 g/mol. The van der Waals surface area contributed by atoms with Crippen molar-refractivity contribution < 1.29 is 4.43 Å². The van der Waals surface area contributed by atoms with Crippen molar-refractivity contribution in [2.24, 2.45) is 5.41 Å². The maximum Gasteiger partial charge on any atom is 0.249 e. The van der Waals surface area contributed by atoms with Crippen LogP contribution >= 0.6 is 0 Å². The molecule has 0 spiro atoms. The Balaban J connectivity index is 4.40.